The highest BCUT2D eigenvalue weighted by atomic mass is 32.2. The van der Waals surface area contributed by atoms with E-state index in [1.165, 1.54) is 11.1 Å². The number of carbonyl (C=O) groups is 1. The summed E-state index contributed by atoms with van der Waals surface area (Å²) in [5.74, 6) is 1.83. The largest absolute Gasteiger partial charge is 0.394 e. The van der Waals surface area contributed by atoms with Crippen molar-refractivity contribution < 1.29 is 9.90 Å². The van der Waals surface area contributed by atoms with Crippen molar-refractivity contribution in [3.05, 3.63) is 35.4 Å². The molecule has 1 unspecified atom stereocenters. The first-order valence-electron chi connectivity index (χ1n) is 6.94. The van der Waals surface area contributed by atoms with Crippen molar-refractivity contribution in [3.63, 3.8) is 0 Å². The van der Waals surface area contributed by atoms with Crippen LogP contribution in [0.3, 0.4) is 0 Å². The SMILES string of the molecule is CCC(CO)NC(=O)NCCSCc1ccc(C)cc1. The average Bonchev–Trinajstić information content (AvgIpc) is 2.46. The van der Waals surface area contributed by atoms with Crippen LogP contribution in [0.4, 0.5) is 4.79 Å². The van der Waals surface area contributed by atoms with Crippen LogP contribution >= 0.6 is 11.8 Å². The Balaban J connectivity index is 2.09. The molecule has 0 saturated carbocycles. The summed E-state index contributed by atoms with van der Waals surface area (Å²) >= 11 is 1.79. The van der Waals surface area contributed by atoms with Gasteiger partial charge < -0.3 is 15.7 Å². The van der Waals surface area contributed by atoms with E-state index in [1.807, 2.05) is 6.92 Å². The fourth-order valence-electron chi connectivity index (χ4n) is 1.62. The molecule has 112 valence electrons. The second-order valence-corrected chi connectivity index (χ2v) is 5.83. The third kappa shape index (κ3) is 6.82. The fourth-order valence-corrected chi connectivity index (χ4v) is 2.44. The lowest BCUT2D eigenvalue weighted by atomic mass is 10.2. The molecule has 0 radical (unpaired) electrons. The van der Waals surface area contributed by atoms with Crippen molar-refractivity contribution in [2.45, 2.75) is 32.1 Å². The topological polar surface area (TPSA) is 61.4 Å². The minimum absolute atomic E-state index is 0.0217. The van der Waals surface area contributed by atoms with E-state index in [9.17, 15) is 4.79 Å². The van der Waals surface area contributed by atoms with Gasteiger partial charge in [-0.3, -0.25) is 0 Å². The quantitative estimate of drug-likeness (QED) is 0.645. The molecular weight excluding hydrogens is 272 g/mol. The van der Waals surface area contributed by atoms with Crippen LogP contribution < -0.4 is 10.6 Å². The van der Waals surface area contributed by atoms with Gasteiger partial charge in [0.2, 0.25) is 0 Å². The molecule has 1 atom stereocenters. The number of carbonyl (C=O) groups excluding carboxylic acids is 1. The molecule has 1 rings (SSSR count). The lowest BCUT2D eigenvalue weighted by Crippen LogP contribution is -2.44. The van der Waals surface area contributed by atoms with Gasteiger partial charge in [0.05, 0.1) is 12.6 Å². The zero-order chi connectivity index (χ0) is 14.8. The Kier molecular flexibility index (Phi) is 8.14. The maximum atomic E-state index is 11.5. The Labute approximate surface area is 125 Å². The number of rotatable bonds is 8. The Morgan fingerprint density at radius 2 is 2.05 bits per heavy atom. The van der Waals surface area contributed by atoms with E-state index in [1.54, 1.807) is 11.8 Å². The molecule has 0 heterocycles. The molecule has 4 nitrogen and oxygen atoms in total. The molecule has 0 aliphatic carbocycles. The molecule has 0 fully saturated rings. The van der Waals surface area contributed by atoms with Crippen LogP contribution in [0.15, 0.2) is 24.3 Å². The number of nitrogens with one attached hydrogen (secondary N) is 2. The Morgan fingerprint density at radius 1 is 1.35 bits per heavy atom. The van der Waals surface area contributed by atoms with Crippen molar-refractivity contribution in [2.75, 3.05) is 18.9 Å². The second-order valence-electron chi connectivity index (χ2n) is 4.73. The molecule has 0 aromatic heterocycles. The highest BCUT2D eigenvalue weighted by molar-refractivity contribution is 7.98. The third-order valence-corrected chi connectivity index (χ3v) is 4.00. The molecular formula is C15H24N2O2S. The summed E-state index contributed by atoms with van der Waals surface area (Å²) in [6.07, 6.45) is 0.728. The lowest BCUT2D eigenvalue weighted by Gasteiger charge is -2.14. The zero-order valence-corrected chi connectivity index (χ0v) is 13.0. The van der Waals surface area contributed by atoms with Gasteiger partial charge in [0.25, 0.3) is 0 Å². The lowest BCUT2D eigenvalue weighted by molar-refractivity contribution is 0.215. The molecule has 0 aliphatic rings. The molecule has 2 amide bonds. The molecule has 3 N–H and O–H groups in total. The number of hydrogen-bond acceptors (Lipinski definition) is 3. The van der Waals surface area contributed by atoms with E-state index in [4.69, 9.17) is 5.11 Å². The number of urea groups is 1. The molecule has 0 aliphatic heterocycles. The van der Waals surface area contributed by atoms with Crippen molar-refractivity contribution in [2.24, 2.45) is 0 Å². The van der Waals surface area contributed by atoms with Gasteiger partial charge in [-0.05, 0) is 18.9 Å². The van der Waals surface area contributed by atoms with Gasteiger partial charge in [-0.15, -0.1) is 0 Å². The molecule has 20 heavy (non-hydrogen) atoms. The Morgan fingerprint density at radius 3 is 2.65 bits per heavy atom. The van der Waals surface area contributed by atoms with Gasteiger partial charge in [0.1, 0.15) is 0 Å². The highest BCUT2D eigenvalue weighted by Crippen LogP contribution is 2.12. The summed E-state index contributed by atoms with van der Waals surface area (Å²) in [4.78, 5) is 11.5. The molecule has 5 heteroatoms. The number of benzene rings is 1. The first kappa shape index (κ1) is 16.9. The van der Waals surface area contributed by atoms with E-state index in [-0.39, 0.29) is 18.7 Å². The Hall–Kier alpha value is -1.20. The standard InChI is InChI=1S/C15H24N2O2S/c1-3-14(10-18)17-15(19)16-8-9-20-11-13-6-4-12(2)5-7-13/h4-7,14,18H,3,8-11H2,1-2H3,(H2,16,17,19). The average molecular weight is 296 g/mol. The van der Waals surface area contributed by atoms with Crippen LogP contribution in [0, 0.1) is 6.92 Å². The van der Waals surface area contributed by atoms with E-state index in [2.05, 4.69) is 41.8 Å². The fraction of sp³-hybridized carbons (Fsp3) is 0.533. The summed E-state index contributed by atoms with van der Waals surface area (Å²) < 4.78 is 0. The van der Waals surface area contributed by atoms with Gasteiger partial charge in [-0.25, -0.2) is 4.79 Å². The summed E-state index contributed by atoms with van der Waals surface area (Å²) in [5.41, 5.74) is 2.57. The van der Waals surface area contributed by atoms with Crippen LogP contribution in [-0.2, 0) is 5.75 Å². The summed E-state index contributed by atoms with van der Waals surface area (Å²) in [7, 11) is 0. The van der Waals surface area contributed by atoms with Crippen molar-refractivity contribution in [1.29, 1.82) is 0 Å². The summed E-state index contributed by atoms with van der Waals surface area (Å²) in [6.45, 7) is 4.62. The number of amides is 2. The van der Waals surface area contributed by atoms with E-state index < -0.39 is 0 Å². The molecule has 0 saturated heterocycles. The second kappa shape index (κ2) is 9.66. The molecule has 0 spiro atoms. The van der Waals surface area contributed by atoms with Crippen LogP contribution in [0.25, 0.3) is 0 Å². The van der Waals surface area contributed by atoms with Gasteiger partial charge >= 0.3 is 6.03 Å². The minimum atomic E-state index is -0.207. The van der Waals surface area contributed by atoms with E-state index >= 15 is 0 Å². The van der Waals surface area contributed by atoms with Gasteiger partial charge in [-0.1, -0.05) is 36.8 Å². The van der Waals surface area contributed by atoms with Crippen LogP contribution in [0.5, 0.6) is 0 Å². The molecule has 1 aromatic carbocycles. The van der Waals surface area contributed by atoms with Gasteiger partial charge in [0.15, 0.2) is 0 Å². The van der Waals surface area contributed by atoms with E-state index in [0.29, 0.717) is 6.54 Å². The third-order valence-electron chi connectivity index (χ3n) is 2.97. The predicted octanol–water partition coefficient (Wildman–Crippen LogP) is 2.30. The van der Waals surface area contributed by atoms with Crippen molar-refractivity contribution in [3.8, 4) is 0 Å². The van der Waals surface area contributed by atoms with Gasteiger partial charge in [-0.2, -0.15) is 11.8 Å². The van der Waals surface area contributed by atoms with Crippen LogP contribution in [0.2, 0.25) is 0 Å². The Bertz CT molecular complexity index is 391. The smallest absolute Gasteiger partial charge is 0.315 e. The number of thioether (sulfide) groups is 1. The van der Waals surface area contributed by atoms with Crippen molar-refractivity contribution in [1.82, 2.24) is 10.6 Å². The van der Waals surface area contributed by atoms with Crippen LogP contribution in [-0.4, -0.2) is 36.1 Å². The molecule has 0 bridgehead atoms. The normalized spacial score (nSPS) is 11.9. The monoisotopic (exact) mass is 296 g/mol. The first-order valence-corrected chi connectivity index (χ1v) is 8.09. The maximum absolute atomic E-state index is 11.5. The zero-order valence-electron chi connectivity index (χ0n) is 12.2. The summed E-state index contributed by atoms with van der Waals surface area (Å²) in [6, 6.07) is 8.13. The minimum Gasteiger partial charge on any atom is -0.394 e. The van der Waals surface area contributed by atoms with Gasteiger partial charge in [0, 0.05) is 18.1 Å². The van der Waals surface area contributed by atoms with Crippen molar-refractivity contribution >= 4 is 17.8 Å². The summed E-state index contributed by atoms with van der Waals surface area (Å²) in [5, 5.41) is 14.5. The van der Waals surface area contributed by atoms with E-state index in [0.717, 1.165) is 17.9 Å². The van der Waals surface area contributed by atoms with Crippen LogP contribution in [0.1, 0.15) is 24.5 Å². The highest BCUT2D eigenvalue weighted by Gasteiger charge is 2.07. The maximum Gasteiger partial charge on any atom is 0.315 e. The first-order chi connectivity index (χ1) is 9.65. The number of aryl methyl sites for hydroxylation is 1. The molecule has 1 aromatic rings. The number of aliphatic hydroxyl groups is 1. The number of aliphatic hydroxyl groups excluding tert-OH is 1. The predicted molar refractivity (Wildman–Crippen MR) is 85.0 cm³/mol. The number of hydrogen-bond donors (Lipinski definition) is 3.